The Hall–Kier alpha value is -3.48. The first-order chi connectivity index (χ1) is 17.9. The summed E-state index contributed by atoms with van der Waals surface area (Å²) in [5.41, 5.74) is 3.82. The van der Waals surface area contributed by atoms with Crippen LogP contribution in [0.1, 0.15) is 75.8 Å². The highest BCUT2D eigenvalue weighted by molar-refractivity contribution is 5.70. The molecule has 1 aliphatic heterocycles. The zero-order valence-electron chi connectivity index (χ0n) is 22.2. The average molecular weight is 509 g/mol. The largest absolute Gasteiger partial charge is 0.484 e. The van der Waals surface area contributed by atoms with Gasteiger partial charge in [0.05, 0.1) is 24.9 Å². The molecule has 0 radical (unpaired) electrons. The van der Waals surface area contributed by atoms with E-state index in [1.165, 1.54) is 26.4 Å². The quantitative estimate of drug-likeness (QED) is 0.379. The minimum absolute atomic E-state index is 0.228. The van der Waals surface area contributed by atoms with Crippen LogP contribution in [0, 0.1) is 11.7 Å². The van der Waals surface area contributed by atoms with Crippen molar-refractivity contribution in [2.45, 2.75) is 71.8 Å². The summed E-state index contributed by atoms with van der Waals surface area (Å²) in [4.78, 5) is 19.6. The van der Waals surface area contributed by atoms with Crippen LogP contribution in [0.2, 0.25) is 0 Å². The molecule has 3 heterocycles. The van der Waals surface area contributed by atoms with E-state index in [9.17, 15) is 14.3 Å². The predicted molar refractivity (Wildman–Crippen MR) is 142 cm³/mol. The number of aliphatic carboxylic acids is 1. The van der Waals surface area contributed by atoms with Crippen LogP contribution in [0.5, 0.6) is 11.6 Å². The van der Waals surface area contributed by atoms with E-state index in [1.807, 2.05) is 44.2 Å². The SMILES string of the molecule is C1CC1.CC.COc1cc(-c2ccc(C3CCCc4ccc(CC(C)C(=O)O)cc4O3)nc2)c(F)cn1. The lowest BCUT2D eigenvalue weighted by Gasteiger charge is -2.18. The fraction of sp³-hybridized carbons (Fsp3) is 0.433. The number of nitrogens with zero attached hydrogens (tertiary/aromatic N) is 2. The molecule has 2 aromatic heterocycles. The highest BCUT2D eigenvalue weighted by Crippen LogP contribution is 2.35. The van der Waals surface area contributed by atoms with Gasteiger partial charge in [0.25, 0.3) is 0 Å². The number of aryl methyl sites for hydroxylation is 1. The molecular formula is C30H37FN2O4. The van der Waals surface area contributed by atoms with Gasteiger partial charge in [0.1, 0.15) is 17.7 Å². The van der Waals surface area contributed by atoms with Crippen molar-refractivity contribution in [1.82, 2.24) is 9.97 Å². The number of pyridine rings is 2. The normalized spacial score (nSPS) is 16.3. The van der Waals surface area contributed by atoms with Crippen molar-refractivity contribution in [2.24, 2.45) is 5.92 Å². The van der Waals surface area contributed by atoms with Gasteiger partial charge < -0.3 is 14.6 Å². The zero-order valence-corrected chi connectivity index (χ0v) is 22.2. The third kappa shape index (κ3) is 8.00. The minimum Gasteiger partial charge on any atom is -0.484 e. The zero-order chi connectivity index (χ0) is 26.8. The highest BCUT2D eigenvalue weighted by atomic mass is 19.1. The Morgan fingerprint density at radius 2 is 1.86 bits per heavy atom. The van der Waals surface area contributed by atoms with E-state index >= 15 is 0 Å². The third-order valence-corrected chi connectivity index (χ3v) is 6.10. The number of hydrogen-bond acceptors (Lipinski definition) is 5. The Morgan fingerprint density at radius 3 is 2.49 bits per heavy atom. The van der Waals surface area contributed by atoms with Crippen molar-refractivity contribution < 1.29 is 23.8 Å². The monoisotopic (exact) mass is 508 g/mol. The smallest absolute Gasteiger partial charge is 0.306 e. The van der Waals surface area contributed by atoms with Gasteiger partial charge in [-0.3, -0.25) is 9.78 Å². The van der Waals surface area contributed by atoms with Gasteiger partial charge in [-0.05, 0) is 48.9 Å². The molecule has 198 valence electrons. The van der Waals surface area contributed by atoms with Crippen LogP contribution in [0.25, 0.3) is 11.1 Å². The molecule has 5 rings (SSSR count). The van der Waals surface area contributed by atoms with Crippen molar-refractivity contribution in [3.05, 3.63) is 71.4 Å². The number of carboxylic acid groups (broad SMARTS) is 1. The number of halogens is 1. The van der Waals surface area contributed by atoms with Gasteiger partial charge in [-0.1, -0.05) is 58.2 Å². The number of hydrogen-bond donors (Lipinski definition) is 1. The molecule has 0 spiro atoms. The minimum atomic E-state index is -0.814. The molecule has 2 aliphatic rings. The highest BCUT2D eigenvalue weighted by Gasteiger charge is 2.22. The van der Waals surface area contributed by atoms with Gasteiger partial charge >= 0.3 is 5.97 Å². The molecule has 2 unspecified atom stereocenters. The summed E-state index contributed by atoms with van der Waals surface area (Å²) in [7, 11) is 1.49. The van der Waals surface area contributed by atoms with Crippen LogP contribution >= 0.6 is 0 Å². The average Bonchev–Trinajstić information content (AvgIpc) is 3.81. The summed E-state index contributed by atoms with van der Waals surface area (Å²) >= 11 is 0. The number of benzene rings is 1. The first-order valence-corrected chi connectivity index (χ1v) is 13.1. The van der Waals surface area contributed by atoms with Crippen molar-refractivity contribution in [3.8, 4) is 22.8 Å². The Balaban J connectivity index is 0.000000694. The molecule has 1 N–H and O–H groups in total. The van der Waals surface area contributed by atoms with Gasteiger partial charge in [0, 0.05) is 23.4 Å². The first kappa shape index (κ1) is 28.1. The van der Waals surface area contributed by atoms with E-state index < -0.39 is 17.7 Å². The lowest BCUT2D eigenvalue weighted by atomic mass is 9.98. The first-order valence-electron chi connectivity index (χ1n) is 13.1. The maximum absolute atomic E-state index is 14.2. The molecule has 1 aliphatic carbocycles. The standard InChI is InChI=1S/C25H25FN2O4.C3H6.C2H6/c1-15(25(29)30)10-16-6-7-17-4-3-5-22(32-23(17)11-16)21-9-8-18(13-27-21)19-12-24(31-2)28-14-20(19)26;1-2-3-1;1-2/h6-9,11-15,22H,3-5,10H2,1-2H3,(H,29,30);1-3H2;1-2H3. The number of methoxy groups -OCH3 is 1. The Kier molecular flexibility index (Phi) is 10.4. The number of carbonyl (C=O) groups is 1. The van der Waals surface area contributed by atoms with E-state index in [4.69, 9.17) is 9.47 Å². The molecular weight excluding hydrogens is 471 g/mol. The topological polar surface area (TPSA) is 81.5 Å². The van der Waals surface area contributed by atoms with Gasteiger partial charge in [0.2, 0.25) is 5.88 Å². The molecule has 7 heteroatoms. The van der Waals surface area contributed by atoms with E-state index in [1.54, 1.807) is 19.2 Å². The summed E-state index contributed by atoms with van der Waals surface area (Å²) in [6.07, 6.45) is 10.1. The summed E-state index contributed by atoms with van der Waals surface area (Å²) in [6.45, 7) is 5.70. The van der Waals surface area contributed by atoms with Gasteiger partial charge in [-0.15, -0.1) is 0 Å². The van der Waals surface area contributed by atoms with E-state index in [0.717, 1.165) is 48.0 Å². The van der Waals surface area contributed by atoms with Crippen molar-refractivity contribution in [3.63, 3.8) is 0 Å². The van der Waals surface area contributed by atoms with Crippen LogP contribution in [-0.2, 0) is 17.6 Å². The summed E-state index contributed by atoms with van der Waals surface area (Å²) in [6, 6.07) is 11.2. The molecule has 1 fully saturated rings. The number of fused-ring (bicyclic) bond motifs is 1. The Morgan fingerprint density at radius 1 is 1.11 bits per heavy atom. The van der Waals surface area contributed by atoms with Crippen LogP contribution in [0.4, 0.5) is 4.39 Å². The molecule has 6 nitrogen and oxygen atoms in total. The van der Waals surface area contributed by atoms with Crippen LogP contribution in [0.15, 0.2) is 48.8 Å². The lowest BCUT2D eigenvalue weighted by molar-refractivity contribution is -0.141. The molecule has 37 heavy (non-hydrogen) atoms. The maximum atomic E-state index is 14.2. The van der Waals surface area contributed by atoms with Gasteiger partial charge in [0.15, 0.2) is 0 Å². The third-order valence-electron chi connectivity index (χ3n) is 6.10. The van der Waals surface area contributed by atoms with Gasteiger partial charge in [-0.2, -0.15) is 0 Å². The predicted octanol–water partition coefficient (Wildman–Crippen LogP) is 7.21. The second-order valence-electron chi connectivity index (χ2n) is 9.12. The molecule has 0 saturated heterocycles. The van der Waals surface area contributed by atoms with Crippen LogP contribution < -0.4 is 9.47 Å². The van der Waals surface area contributed by atoms with Gasteiger partial charge in [-0.25, -0.2) is 9.37 Å². The fourth-order valence-electron chi connectivity index (χ4n) is 3.89. The molecule has 3 aromatic rings. The Bertz CT molecular complexity index is 1160. The number of aromatic nitrogens is 2. The lowest BCUT2D eigenvalue weighted by Crippen LogP contribution is -2.12. The van der Waals surface area contributed by atoms with E-state index in [-0.39, 0.29) is 6.10 Å². The summed E-state index contributed by atoms with van der Waals surface area (Å²) < 4.78 is 25.6. The molecule has 1 aromatic carbocycles. The number of rotatable bonds is 6. The molecule has 2 atom stereocenters. The fourth-order valence-corrected chi connectivity index (χ4v) is 3.89. The number of ether oxygens (including phenoxy) is 2. The van der Waals surface area contributed by atoms with Crippen molar-refractivity contribution in [1.29, 1.82) is 0 Å². The molecule has 0 amide bonds. The second kappa shape index (κ2) is 13.7. The molecule has 1 saturated carbocycles. The number of carboxylic acids is 1. The maximum Gasteiger partial charge on any atom is 0.306 e. The van der Waals surface area contributed by atoms with Crippen LogP contribution in [-0.4, -0.2) is 28.2 Å². The molecule has 0 bridgehead atoms. The Labute approximate surface area is 218 Å². The summed E-state index contributed by atoms with van der Waals surface area (Å²) in [5.74, 6) is -0.606. The van der Waals surface area contributed by atoms with Crippen molar-refractivity contribution >= 4 is 5.97 Å². The summed E-state index contributed by atoms with van der Waals surface area (Å²) in [5, 5.41) is 9.20. The van der Waals surface area contributed by atoms with E-state index in [0.29, 0.717) is 23.4 Å². The van der Waals surface area contributed by atoms with E-state index in [2.05, 4.69) is 9.97 Å². The second-order valence-corrected chi connectivity index (χ2v) is 9.12. The van der Waals surface area contributed by atoms with Crippen molar-refractivity contribution in [2.75, 3.05) is 7.11 Å². The van der Waals surface area contributed by atoms with Crippen LogP contribution in [0.3, 0.4) is 0 Å².